The molecule has 1 aromatic heterocycles. The molecule has 29 heavy (non-hydrogen) atoms. The lowest BCUT2D eigenvalue weighted by Crippen LogP contribution is -2.17. The molecule has 1 aliphatic rings. The van der Waals surface area contributed by atoms with Gasteiger partial charge in [0, 0.05) is 22.5 Å². The van der Waals surface area contributed by atoms with Crippen molar-refractivity contribution in [3.63, 3.8) is 0 Å². The molecule has 148 valence electrons. The lowest BCUT2D eigenvalue weighted by atomic mass is 9.87. The summed E-state index contributed by atoms with van der Waals surface area (Å²) in [6.07, 6.45) is 0. The molecular weight excluding hydrogens is 368 g/mol. The van der Waals surface area contributed by atoms with E-state index in [9.17, 15) is 9.59 Å². The van der Waals surface area contributed by atoms with Gasteiger partial charge in [-0.3, -0.25) is 4.79 Å². The number of aryl methyl sites for hydroxylation is 2. The van der Waals surface area contributed by atoms with Crippen molar-refractivity contribution in [1.82, 2.24) is 4.98 Å². The second-order valence-electron chi connectivity index (χ2n) is 7.15. The van der Waals surface area contributed by atoms with Gasteiger partial charge in [0.25, 0.3) is 0 Å². The van der Waals surface area contributed by atoms with Crippen LogP contribution >= 0.6 is 0 Å². The highest BCUT2D eigenvalue weighted by molar-refractivity contribution is 6.08. The van der Waals surface area contributed by atoms with Gasteiger partial charge in [-0.25, -0.2) is 4.79 Å². The average molecular weight is 390 g/mol. The number of fused-ring (bicyclic) bond motifs is 1. The molecule has 2 heterocycles. The molecule has 1 unspecified atom stereocenters. The Bertz CT molecular complexity index is 1130. The fraction of sp³-hybridized carbons (Fsp3) is 0.217. The highest BCUT2D eigenvalue weighted by Gasteiger charge is 2.38. The number of carbonyl (C=O) groups excluding carboxylic acids is 2. The summed E-state index contributed by atoms with van der Waals surface area (Å²) in [6, 6.07) is 13.3. The summed E-state index contributed by atoms with van der Waals surface area (Å²) in [5.74, 6) is -0.576. The number of rotatable bonds is 4. The number of nitrogens with one attached hydrogen (secondary N) is 2. The molecule has 6 heteroatoms. The number of aromatic amines is 1. The van der Waals surface area contributed by atoms with Gasteiger partial charge in [0.05, 0.1) is 31.4 Å². The van der Waals surface area contributed by atoms with E-state index in [0.717, 1.165) is 22.4 Å². The zero-order valence-corrected chi connectivity index (χ0v) is 16.8. The predicted octanol–water partition coefficient (Wildman–Crippen LogP) is 4.18. The first kappa shape index (κ1) is 18.8. The van der Waals surface area contributed by atoms with Crippen LogP contribution in [0.25, 0.3) is 11.3 Å². The lowest BCUT2D eigenvalue weighted by molar-refractivity contribution is -0.116. The number of esters is 1. The summed E-state index contributed by atoms with van der Waals surface area (Å²) in [7, 11) is 2.94. The van der Waals surface area contributed by atoms with Crippen LogP contribution in [0.5, 0.6) is 5.75 Å². The normalized spacial score (nSPS) is 15.0. The Balaban J connectivity index is 2.00. The van der Waals surface area contributed by atoms with Crippen LogP contribution in [0.2, 0.25) is 0 Å². The van der Waals surface area contributed by atoms with Crippen LogP contribution in [0.4, 0.5) is 5.69 Å². The van der Waals surface area contributed by atoms with E-state index < -0.39 is 11.9 Å². The Morgan fingerprint density at radius 1 is 1.07 bits per heavy atom. The molecule has 0 saturated heterocycles. The van der Waals surface area contributed by atoms with Crippen LogP contribution in [-0.4, -0.2) is 31.1 Å². The van der Waals surface area contributed by atoms with Gasteiger partial charge in [0.15, 0.2) is 0 Å². The molecule has 1 amide bonds. The topological polar surface area (TPSA) is 80.4 Å². The van der Waals surface area contributed by atoms with Gasteiger partial charge in [-0.05, 0) is 37.6 Å². The SMILES string of the molecule is COC(=O)c1c(C)[nH]c(-c2cccc(OC)c2)c1C1C(=O)Nc2ccc(C)cc21. The summed E-state index contributed by atoms with van der Waals surface area (Å²) in [5.41, 5.74) is 5.84. The molecule has 0 bridgehead atoms. The number of hydrogen-bond donors (Lipinski definition) is 2. The second kappa shape index (κ2) is 7.13. The molecular formula is C23H22N2O4. The molecule has 2 N–H and O–H groups in total. The van der Waals surface area contributed by atoms with E-state index in [1.165, 1.54) is 7.11 Å². The number of hydrogen-bond acceptors (Lipinski definition) is 4. The number of aromatic nitrogens is 1. The smallest absolute Gasteiger partial charge is 0.340 e. The Morgan fingerprint density at radius 2 is 1.86 bits per heavy atom. The number of anilines is 1. The first-order valence-electron chi connectivity index (χ1n) is 9.31. The molecule has 2 aromatic carbocycles. The van der Waals surface area contributed by atoms with Gasteiger partial charge in [0.1, 0.15) is 5.75 Å². The number of ether oxygens (including phenoxy) is 2. The second-order valence-corrected chi connectivity index (χ2v) is 7.15. The van der Waals surface area contributed by atoms with E-state index >= 15 is 0 Å². The van der Waals surface area contributed by atoms with Gasteiger partial charge in [-0.2, -0.15) is 0 Å². The standard InChI is InChI=1S/C23H22N2O4/c1-12-8-9-17-16(10-12)19(22(26)25-17)20-18(23(27)29-4)13(2)24-21(20)14-6-5-7-15(11-14)28-3/h5-11,19,24H,1-4H3,(H,25,26). The third-order valence-electron chi connectivity index (χ3n) is 5.30. The molecule has 4 rings (SSSR count). The van der Waals surface area contributed by atoms with E-state index in [1.807, 2.05) is 56.3 Å². The Kier molecular flexibility index (Phi) is 4.62. The molecule has 3 aromatic rings. The van der Waals surface area contributed by atoms with Gasteiger partial charge in [-0.1, -0.05) is 29.8 Å². The van der Waals surface area contributed by atoms with Crippen LogP contribution in [0.3, 0.4) is 0 Å². The van der Waals surface area contributed by atoms with Crippen LogP contribution in [-0.2, 0) is 9.53 Å². The number of methoxy groups -OCH3 is 2. The Hall–Kier alpha value is -3.54. The molecule has 0 saturated carbocycles. The largest absolute Gasteiger partial charge is 0.497 e. The first-order chi connectivity index (χ1) is 13.9. The minimum absolute atomic E-state index is 0.168. The van der Waals surface area contributed by atoms with Crippen molar-refractivity contribution >= 4 is 17.6 Å². The maximum Gasteiger partial charge on any atom is 0.340 e. The summed E-state index contributed by atoms with van der Waals surface area (Å²) in [5, 5.41) is 2.94. The molecule has 0 radical (unpaired) electrons. The Morgan fingerprint density at radius 3 is 2.59 bits per heavy atom. The summed E-state index contributed by atoms with van der Waals surface area (Å²) in [6.45, 7) is 3.79. The molecule has 6 nitrogen and oxygen atoms in total. The van der Waals surface area contributed by atoms with E-state index in [0.29, 0.717) is 28.3 Å². The van der Waals surface area contributed by atoms with Crippen molar-refractivity contribution in [2.45, 2.75) is 19.8 Å². The van der Waals surface area contributed by atoms with Crippen molar-refractivity contribution in [2.24, 2.45) is 0 Å². The minimum atomic E-state index is -0.620. The van der Waals surface area contributed by atoms with E-state index in [4.69, 9.17) is 9.47 Å². The fourth-order valence-electron chi connectivity index (χ4n) is 3.97. The molecule has 1 aliphatic heterocycles. The van der Waals surface area contributed by atoms with Crippen LogP contribution < -0.4 is 10.1 Å². The molecule has 1 atom stereocenters. The van der Waals surface area contributed by atoms with Gasteiger partial charge < -0.3 is 19.8 Å². The van der Waals surface area contributed by atoms with Gasteiger partial charge in [0.2, 0.25) is 5.91 Å². The van der Waals surface area contributed by atoms with Crippen molar-refractivity contribution in [3.8, 4) is 17.0 Å². The van der Waals surface area contributed by atoms with Crippen molar-refractivity contribution in [2.75, 3.05) is 19.5 Å². The van der Waals surface area contributed by atoms with Crippen molar-refractivity contribution in [3.05, 3.63) is 70.4 Å². The van der Waals surface area contributed by atoms with Crippen LogP contribution in [0.1, 0.15) is 38.7 Å². The third-order valence-corrected chi connectivity index (χ3v) is 5.30. The first-order valence-corrected chi connectivity index (χ1v) is 9.31. The minimum Gasteiger partial charge on any atom is -0.497 e. The number of carbonyl (C=O) groups is 2. The highest BCUT2D eigenvalue weighted by Crippen LogP contribution is 2.44. The number of H-pyrrole nitrogens is 1. The lowest BCUT2D eigenvalue weighted by Gasteiger charge is -2.14. The van der Waals surface area contributed by atoms with E-state index in [2.05, 4.69) is 10.3 Å². The summed E-state index contributed by atoms with van der Waals surface area (Å²) >= 11 is 0. The highest BCUT2D eigenvalue weighted by atomic mass is 16.5. The average Bonchev–Trinajstić information content (AvgIpc) is 3.22. The number of benzene rings is 2. The van der Waals surface area contributed by atoms with Crippen molar-refractivity contribution < 1.29 is 19.1 Å². The molecule has 0 aliphatic carbocycles. The maximum atomic E-state index is 13.0. The maximum absolute atomic E-state index is 13.0. The quantitative estimate of drug-likeness (QED) is 0.655. The van der Waals surface area contributed by atoms with E-state index in [1.54, 1.807) is 7.11 Å². The predicted molar refractivity (Wildman–Crippen MR) is 111 cm³/mol. The van der Waals surface area contributed by atoms with Crippen LogP contribution in [0, 0.1) is 13.8 Å². The van der Waals surface area contributed by atoms with Crippen molar-refractivity contribution in [1.29, 1.82) is 0 Å². The zero-order chi connectivity index (χ0) is 20.7. The van der Waals surface area contributed by atoms with Crippen LogP contribution in [0.15, 0.2) is 42.5 Å². The fourth-order valence-corrected chi connectivity index (χ4v) is 3.97. The number of amides is 1. The zero-order valence-electron chi connectivity index (χ0n) is 16.8. The monoisotopic (exact) mass is 390 g/mol. The van der Waals surface area contributed by atoms with E-state index in [-0.39, 0.29) is 5.91 Å². The van der Waals surface area contributed by atoms with Gasteiger partial charge >= 0.3 is 5.97 Å². The molecule has 0 fully saturated rings. The molecule has 0 spiro atoms. The Labute approximate surface area is 168 Å². The van der Waals surface area contributed by atoms with Gasteiger partial charge in [-0.15, -0.1) is 0 Å². The summed E-state index contributed by atoms with van der Waals surface area (Å²) < 4.78 is 10.4. The summed E-state index contributed by atoms with van der Waals surface area (Å²) in [4.78, 5) is 29.0. The third kappa shape index (κ3) is 3.06.